The molecule has 1 aliphatic heterocycles. The number of ether oxygens (including phenoxy) is 1. The van der Waals surface area contributed by atoms with Gasteiger partial charge in [0.1, 0.15) is 5.60 Å². The van der Waals surface area contributed by atoms with Crippen LogP contribution in [-0.4, -0.2) is 35.3 Å². The summed E-state index contributed by atoms with van der Waals surface area (Å²) in [6.45, 7) is 8.65. The van der Waals surface area contributed by atoms with Crippen molar-refractivity contribution in [3.05, 3.63) is 35.5 Å². The van der Waals surface area contributed by atoms with Crippen LogP contribution in [0.4, 0.5) is 10.5 Å². The minimum Gasteiger partial charge on any atom is -0.444 e. The first-order valence-electron chi connectivity index (χ1n) is 9.03. The van der Waals surface area contributed by atoms with Crippen molar-refractivity contribution in [1.82, 2.24) is 10.3 Å². The Kier molecular flexibility index (Phi) is 5.28. The van der Waals surface area contributed by atoms with E-state index in [4.69, 9.17) is 16.3 Å². The van der Waals surface area contributed by atoms with Crippen molar-refractivity contribution in [2.24, 2.45) is 0 Å². The van der Waals surface area contributed by atoms with Crippen molar-refractivity contribution in [1.29, 1.82) is 0 Å². The lowest BCUT2D eigenvalue weighted by Gasteiger charge is -2.40. The Morgan fingerprint density at radius 1 is 1.35 bits per heavy atom. The fourth-order valence-corrected chi connectivity index (χ4v) is 3.66. The zero-order valence-electron chi connectivity index (χ0n) is 15.8. The molecular weight excluding hydrogens is 350 g/mol. The van der Waals surface area contributed by atoms with Gasteiger partial charge in [-0.15, -0.1) is 0 Å². The second-order valence-electron chi connectivity index (χ2n) is 7.90. The van der Waals surface area contributed by atoms with Gasteiger partial charge in [0.2, 0.25) is 0 Å². The number of pyridine rings is 1. The van der Waals surface area contributed by atoms with Crippen LogP contribution in [0.25, 0.3) is 10.9 Å². The van der Waals surface area contributed by atoms with Crippen molar-refractivity contribution in [3.63, 3.8) is 0 Å². The van der Waals surface area contributed by atoms with E-state index in [1.165, 1.54) is 0 Å². The summed E-state index contributed by atoms with van der Waals surface area (Å²) in [4.78, 5) is 18.8. The minimum atomic E-state index is -0.481. The normalized spacial score (nSPS) is 20.9. The van der Waals surface area contributed by atoms with Crippen molar-refractivity contribution in [3.8, 4) is 0 Å². The Balaban J connectivity index is 1.72. The van der Waals surface area contributed by atoms with Gasteiger partial charge in [0.05, 0.1) is 5.52 Å². The fourth-order valence-electron chi connectivity index (χ4n) is 3.49. The molecule has 0 saturated carbocycles. The fraction of sp³-hybridized carbons (Fsp3) is 0.500. The zero-order chi connectivity index (χ0) is 18.9. The Morgan fingerprint density at radius 2 is 2.12 bits per heavy atom. The monoisotopic (exact) mass is 375 g/mol. The maximum absolute atomic E-state index is 12.0. The summed E-state index contributed by atoms with van der Waals surface area (Å²) in [5.74, 6) is 0. The number of anilines is 1. The largest absolute Gasteiger partial charge is 0.444 e. The molecule has 6 heteroatoms. The molecule has 2 atom stereocenters. The second kappa shape index (κ2) is 7.31. The number of halogens is 1. The Labute approximate surface area is 159 Å². The molecule has 1 aliphatic rings. The third-order valence-corrected chi connectivity index (χ3v) is 4.82. The number of hydrogen-bond donors (Lipinski definition) is 1. The van der Waals surface area contributed by atoms with E-state index in [2.05, 4.69) is 22.1 Å². The quantitative estimate of drug-likeness (QED) is 0.821. The lowest BCUT2D eigenvalue weighted by Crippen LogP contribution is -2.49. The van der Waals surface area contributed by atoms with Gasteiger partial charge in [-0.3, -0.25) is 4.98 Å². The molecule has 5 nitrogen and oxygen atoms in total. The van der Waals surface area contributed by atoms with Gasteiger partial charge >= 0.3 is 6.09 Å². The van der Waals surface area contributed by atoms with Crippen LogP contribution < -0.4 is 10.2 Å². The third-order valence-electron chi connectivity index (χ3n) is 4.59. The Hall–Kier alpha value is -2.01. The number of piperidine rings is 1. The average Bonchev–Trinajstić information content (AvgIpc) is 2.53. The number of amides is 1. The number of alkyl carbamates (subject to hydrolysis) is 1. The number of fused-ring (bicyclic) bond motifs is 1. The lowest BCUT2D eigenvalue weighted by atomic mass is 9.97. The molecule has 3 rings (SSSR count). The maximum Gasteiger partial charge on any atom is 0.407 e. The van der Waals surface area contributed by atoms with E-state index < -0.39 is 5.60 Å². The van der Waals surface area contributed by atoms with Gasteiger partial charge in [-0.2, -0.15) is 0 Å². The number of benzene rings is 1. The Bertz CT molecular complexity index is 803. The van der Waals surface area contributed by atoms with E-state index >= 15 is 0 Å². The molecule has 1 aromatic heterocycles. The number of carbonyl (C=O) groups is 1. The number of aromatic nitrogens is 1. The molecule has 2 unspecified atom stereocenters. The first-order chi connectivity index (χ1) is 12.2. The predicted molar refractivity (Wildman–Crippen MR) is 106 cm³/mol. The summed E-state index contributed by atoms with van der Waals surface area (Å²) in [5, 5.41) is 4.77. The molecule has 1 aromatic carbocycles. The lowest BCUT2D eigenvalue weighted by molar-refractivity contribution is 0.0494. The van der Waals surface area contributed by atoms with Crippen LogP contribution in [0.15, 0.2) is 30.5 Å². The molecule has 2 aromatic rings. The first-order valence-corrected chi connectivity index (χ1v) is 9.41. The molecule has 2 heterocycles. The van der Waals surface area contributed by atoms with Crippen LogP contribution in [-0.2, 0) is 4.74 Å². The van der Waals surface area contributed by atoms with Gasteiger partial charge in [0.15, 0.2) is 0 Å². The summed E-state index contributed by atoms with van der Waals surface area (Å²) < 4.78 is 5.37. The predicted octanol–water partition coefficient (Wildman–Crippen LogP) is 4.77. The van der Waals surface area contributed by atoms with Gasteiger partial charge in [-0.25, -0.2) is 4.79 Å². The minimum absolute atomic E-state index is 0.118. The highest BCUT2D eigenvalue weighted by Crippen LogP contribution is 2.32. The van der Waals surface area contributed by atoms with Gasteiger partial charge in [-0.05, 0) is 64.8 Å². The van der Waals surface area contributed by atoms with Gasteiger partial charge in [-0.1, -0.05) is 11.6 Å². The van der Waals surface area contributed by atoms with Crippen molar-refractivity contribution < 1.29 is 9.53 Å². The first kappa shape index (κ1) is 18.8. The van der Waals surface area contributed by atoms with Crippen molar-refractivity contribution in [2.75, 3.05) is 11.4 Å². The maximum atomic E-state index is 12.0. The van der Waals surface area contributed by atoms with E-state index in [9.17, 15) is 4.79 Å². The number of rotatable bonds is 2. The van der Waals surface area contributed by atoms with Crippen LogP contribution in [0, 0.1) is 0 Å². The standard InChI is InChI=1S/C20H26ClN3O2/c1-13-11-15(23-19(25)26-20(2,3)4)8-10-24(13)18-7-9-22-17-6-5-14(21)12-16(17)18/h5-7,9,12-13,15H,8,10-11H2,1-4H3,(H,23,25). The molecule has 1 fully saturated rings. The molecule has 0 aliphatic carbocycles. The highest BCUT2D eigenvalue weighted by atomic mass is 35.5. The average molecular weight is 376 g/mol. The van der Waals surface area contributed by atoms with Crippen LogP contribution in [0.1, 0.15) is 40.5 Å². The molecule has 1 saturated heterocycles. The highest BCUT2D eigenvalue weighted by molar-refractivity contribution is 6.31. The van der Waals surface area contributed by atoms with E-state index in [-0.39, 0.29) is 18.2 Å². The second-order valence-corrected chi connectivity index (χ2v) is 8.34. The molecule has 1 amide bonds. The van der Waals surface area contributed by atoms with Crippen LogP contribution in [0.2, 0.25) is 5.02 Å². The summed E-state index contributed by atoms with van der Waals surface area (Å²) in [6.07, 6.45) is 3.23. The molecule has 140 valence electrons. The summed E-state index contributed by atoms with van der Waals surface area (Å²) in [6, 6.07) is 8.22. The smallest absolute Gasteiger partial charge is 0.407 e. The SMILES string of the molecule is CC1CC(NC(=O)OC(C)(C)C)CCN1c1ccnc2ccc(Cl)cc12. The van der Waals surface area contributed by atoms with E-state index in [0.717, 1.165) is 36.0 Å². The van der Waals surface area contributed by atoms with Crippen LogP contribution >= 0.6 is 11.6 Å². The van der Waals surface area contributed by atoms with Gasteiger partial charge in [0.25, 0.3) is 0 Å². The number of nitrogens with zero attached hydrogens (tertiary/aromatic N) is 2. The summed E-state index contributed by atoms with van der Waals surface area (Å²) in [5.41, 5.74) is 1.60. The number of nitrogens with one attached hydrogen (secondary N) is 1. The number of carbonyl (C=O) groups excluding carboxylic acids is 1. The van der Waals surface area contributed by atoms with E-state index in [1.807, 2.05) is 51.2 Å². The van der Waals surface area contributed by atoms with Gasteiger partial charge < -0.3 is 15.0 Å². The third kappa shape index (κ3) is 4.39. The molecular formula is C20H26ClN3O2. The van der Waals surface area contributed by atoms with Crippen molar-refractivity contribution >= 4 is 34.3 Å². The van der Waals surface area contributed by atoms with Crippen molar-refractivity contribution in [2.45, 2.75) is 58.2 Å². The van der Waals surface area contributed by atoms with E-state index in [0.29, 0.717) is 5.02 Å². The summed E-state index contributed by atoms with van der Waals surface area (Å²) in [7, 11) is 0. The molecule has 0 spiro atoms. The Morgan fingerprint density at radius 3 is 2.81 bits per heavy atom. The van der Waals surface area contributed by atoms with Crippen LogP contribution in [0.3, 0.4) is 0 Å². The molecule has 26 heavy (non-hydrogen) atoms. The topological polar surface area (TPSA) is 54.5 Å². The van der Waals surface area contributed by atoms with Crippen LogP contribution in [0.5, 0.6) is 0 Å². The molecule has 0 radical (unpaired) electrons. The number of hydrogen-bond acceptors (Lipinski definition) is 4. The highest BCUT2D eigenvalue weighted by Gasteiger charge is 2.29. The van der Waals surface area contributed by atoms with Gasteiger partial charge in [0, 0.05) is 40.9 Å². The molecule has 0 bridgehead atoms. The van der Waals surface area contributed by atoms with E-state index in [1.54, 1.807) is 0 Å². The summed E-state index contributed by atoms with van der Waals surface area (Å²) >= 11 is 6.19. The zero-order valence-corrected chi connectivity index (χ0v) is 16.5. The molecule has 1 N–H and O–H groups in total.